The van der Waals surface area contributed by atoms with Crippen LogP contribution in [0.5, 0.6) is 0 Å². The van der Waals surface area contributed by atoms with Gasteiger partial charge >= 0.3 is 0 Å². The van der Waals surface area contributed by atoms with Crippen molar-refractivity contribution < 1.29 is 8.42 Å². The van der Waals surface area contributed by atoms with Gasteiger partial charge in [0.25, 0.3) is 0 Å². The Bertz CT molecular complexity index is 219. The van der Waals surface area contributed by atoms with Gasteiger partial charge < -0.3 is 0 Å². The molecule has 0 aromatic rings. The average Bonchev–Trinajstić information content (AvgIpc) is 2.08. The van der Waals surface area contributed by atoms with Crippen molar-refractivity contribution in [3.8, 4) is 0 Å². The van der Waals surface area contributed by atoms with Crippen LogP contribution in [0.1, 0.15) is 0 Å². The van der Waals surface area contributed by atoms with E-state index in [1.807, 2.05) is 6.08 Å². The molecule has 0 bridgehead atoms. The highest BCUT2D eigenvalue weighted by molar-refractivity contribution is 8.08. The van der Waals surface area contributed by atoms with E-state index >= 15 is 0 Å². The second-order valence-electron chi connectivity index (χ2n) is 1.70. The molecule has 0 unspecified atom stereocenters. The fraction of sp³-hybridized carbons (Fsp3) is 0.500. The molecule has 9 heavy (non-hydrogen) atoms. The molecule has 1 aliphatic heterocycles. The highest BCUT2D eigenvalue weighted by Crippen LogP contribution is 2.20. The smallest absolute Gasteiger partial charge is 0.219 e. The van der Waals surface area contributed by atoms with E-state index in [9.17, 15) is 8.42 Å². The van der Waals surface area contributed by atoms with Crippen molar-refractivity contribution in [1.82, 2.24) is 3.71 Å². The lowest BCUT2D eigenvalue weighted by molar-refractivity contribution is 0.579. The van der Waals surface area contributed by atoms with Crippen LogP contribution in [-0.2, 0) is 10.0 Å². The summed E-state index contributed by atoms with van der Waals surface area (Å²) >= 11 is 1.28. The van der Waals surface area contributed by atoms with Gasteiger partial charge in [-0.1, -0.05) is 6.08 Å². The largest absolute Gasteiger partial charge is 0.241 e. The zero-order valence-electron chi connectivity index (χ0n) is 4.94. The van der Waals surface area contributed by atoms with Crippen LogP contribution in [0.25, 0.3) is 0 Å². The van der Waals surface area contributed by atoms with Gasteiger partial charge in [-0.25, -0.2) is 12.1 Å². The van der Waals surface area contributed by atoms with Crippen LogP contribution in [0, 0.1) is 0 Å². The monoisotopic (exact) mass is 165 g/mol. The zero-order chi connectivity index (χ0) is 6.91. The molecular weight excluding hydrogens is 158 g/mol. The molecule has 1 heterocycles. The van der Waals surface area contributed by atoms with Crippen LogP contribution in [-0.4, -0.2) is 24.1 Å². The van der Waals surface area contributed by atoms with E-state index in [1.165, 1.54) is 21.9 Å². The molecule has 0 amide bonds. The Morgan fingerprint density at radius 2 is 2.33 bits per heavy atom. The van der Waals surface area contributed by atoms with Crippen LogP contribution in [0.3, 0.4) is 0 Å². The van der Waals surface area contributed by atoms with Crippen molar-refractivity contribution in [2.24, 2.45) is 0 Å². The minimum Gasteiger partial charge on any atom is -0.219 e. The maximum atomic E-state index is 10.7. The second kappa shape index (κ2) is 2.22. The first-order chi connectivity index (χ1) is 4.11. The second-order valence-corrected chi connectivity index (χ2v) is 4.77. The molecule has 1 aliphatic rings. The highest BCUT2D eigenvalue weighted by Gasteiger charge is 2.14. The van der Waals surface area contributed by atoms with Gasteiger partial charge in [-0.2, -0.15) is 0 Å². The molecule has 1 rings (SSSR count). The van der Waals surface area contributed by atoms with E-state index in [4.69, 9.17) is 0 Å². The van der Waals surface area contributed by atoms with E-state index in [0.29, 0.717) is 0 Å². The third-order valence-corrected chi connectivity index (χ3v) is 3.47. The van der Waals surface area contributed by atoms with Crippen molar-refractivity contribution in [1.29, 1.82) is 0 Å². The van der Waals surface area contributed by atoms with Crippen LogP contribution in [0.15, 0.2) is 12.3 Å². The molecule has 0 saturated carbocycles. The average molecular weight is 165 g/mol. The Morgan fingerprint density at radius 3 is 2.56 bits per heavy atom. The van der Waals surface area contributed by atoms with Crippen LogP contribution in [0.2, 0.25) is 0 Å². The maximum absolute atomic E-state index is 10.7. The Morgan fingerprint density at radius 1 is 1.67 bits per heavy atom. The normalized spacial score (nSPS) is 19.0. The standard InChI is InChI=1S/C4H7NO2S2/c1-9(6,7)5-3-2-4-8-5/h2-3H,4H2,1H3. The van der Waals surface area contributed by atoms with Gasteiger partial charge in [0.2, 0.25) is 10.0 Å². The van der Waals surface area contributed by atoms with Gasteiger partial charge in [0.1, 0.15) is 0 Å². The van der Waals surface area contributed by atoms with E-state index in [2.05, 4.69) is 0 Å². The molecule has 0 aromatic carbocycles. The lowest BCUT2D eigenvalue weighted by Gasteiger charge is -2.08. The predicted octanol–water partition coefficient (Wildman–Crippen LogP) is 0.424. The zero-order valence-corrected chi connectivity index (χ0v) is 6.58. The summed E-state index contributed by atoms with van der Waals surface area (Å²) in [5, 5.41) is 0. The van der Waals surface area contributed by atoms with Crippen molar-refractivity contribution in [3.63, 3.8) is 0 Å². The van der Waals surface area contributed by atoms with Gasteiger partial charge in [0, 0.05) is 12.0 Å². The molecule has 0 aromatic heterocycles. The summed E-state index contributed by atoms with van der Waals surface area (Å²) in [5.74, 6) is 0.757. The lowest BCUT2D eigenvalue weighted by Crippen LogP contribution is -2.14. The van der Waals surface area contributed by atoms with Crippen molar-refractivity contribution >= 4 is 22.0 Å². The molecule has 52 valence electrons. The van der Waals surface area contributed by atoms with Crippen molar-refractivity contribution in [3.05, 3.63) is 12.3 Å². The van der Waals surface area contributed by atoms with Gasteiger partial charge in [0.15, 0.2) is 0 Å². The number of nitrogens with zero attached hydrogens (tertiary/aromatic N) is 1. The molecule has 0 radical (unpaired) electrons. The fourth-order valence-corrected chi connectivity index (χ4v) is 2.24. The Labute approximate surface area is 58.9 Å². The summed E-state index contributed by atoms with van der Waals surface area (Å²) in [7, 11) is -2.99. The van der Waals surface area contributed by atoms with Gasteiger partial charge in [-0.05, 0) is 11.9 Å². The Balaban J connectivity index is 2.76. The summed E-state index contributed by atoms with van der Waals surface area (Å²) in [4.78, 5) is 0. The molecule has 5 heteroatoms. The summed E-state index contributed by atoms with van der Waals surface area (Å²) < 4.78 is 22.6. The van der Waals surface area contributed by atoms with Crippen LogP contribution in [0.4, 0.5) is 0 Å². The van der Waals surface area contributed by atoms with Gasteiger partial charge in [-0.15, -0.1) is 0 Å². The Hall–Kier alpha value is -0.160. The SMILES string of the molecule is CS(=O)(=O)N1C=CCS1. The lowest BCUT2D eigenvalue weighted by atomic mass is 10.7. The first-order valence-corrected chi connectivity index (χ1v) is 5.19. The van der Waals surface area contributed by atoms with Crippen molar-refractivity contribution in [2.45, 2.75) is 0 Å². The molecule has 0 aliphatic carbocycles. The third kappa shape index (κ3) is 1.62. The first-order valence-electron chi connectivity index (χ1n) is 2.40. The summed E-state index contributed by atoms with van der Waals surface area (Å²) in [6, 6.07) is 0. The summed E-state index contributed by atoms with van der Waals surface area (Å²) in [6.45, 7) is 0. The maximum Gasteiger partial charge on any atom is 0.241 e. The molecular formula is C4H7NO2S2. The third-order valence-electron chi connectivity index (χ3n) is 0.852. The minimum absolute atomic E-state index is 0.757. The van der Waals surface area contributed by atoms with Crippen molar-refractivity contribution in [2.75, 3.05) is 12.0 Å². The molecule has 0 saturated heterocycles. The highest BCUT2D eigenvalue weighted by atomic mass is 32.3. The van der Waals surface area contributed by atoms with Gasteiger partial charge in [0.05, 0.1) is 6.26 Å². The molecule has 0 atom stereocenters. The molecule has 3 nitrogen and oxygen atoms in total. The fourth-order valence-electron chi connectivity index (χ4n) is 0.495. The van der Waals surface area contributed by atoms with E-state index in [0.717, 1.165) is 5.75 Å². The summed E-state index contributed by atoms with van der Waals surface area (Å²) in [5.41, 5.74) is 0. The van der Waals surface area contributed by atoms with E-state index in [1.54, 1.807) is 6.20 Å². The minimum atomic E-state index is -2.99. The van der Waals surface area contributed by atoms with E-state index < -0.39 is 10.0 Å². The molecule has 0 fully saturated rings. The quantitative estimate of drug-likeness (QED) is 0.528. The number of hydrogen-bond donors (Lipinski definition) is 0. The first kappa shape index (κ1) is 6.95. The molecule has 0 spiro atoms. The topological polar surface area (TPSA) is 37.4 Å². The van der Waals surface area contributed by atoms with Crippen LogP contribution < -0.4 is 0 Å². The van der Waals surface area contributed by atoms with E-state index in [-0.39, 0.29) is 0 Å². The summed E-state index contributed by atoms with van der Waals surface area (Å²) in [6.07, 6.45) is 4.57. The molecule has 0 N–H and O–H groups in total. The Kier molecular flexibility index (Phi) is 1.72. The number of rotatable bonds is 1. The van der Waals surface area contributed by atoms with Gasteiger partial charge in [-0.3, -0.25) is 0 Å². The van der Waals surface area contributed by atoms with Crippen LogP contribution >= 0.6 is 11.9 Å². The number of hydrogen-bond acceptors (Lipinski definition) is 3. The predicted molar refractivity (Wildman–Crippen MR) is 38.3 cm³/mol. The number of sulfonamides is 1.